The Morgan fingerprint density at radius 2 is 2.00 bits per heavy atom. The van der Waals surface area contributed by atoms with Crippen LogP contribution in [0.25, 0.3) is 10.8 Å². The monoisotopic (exact) mass is 456 g/mol. The highest BCUT2D eigenvalue weighted by Gasteiger charge is 2.49. The molecule has 2 fully saturated rings. The van der Waals surface area contributed by atoms with Gasteiger partial charge in [-0.15, -0.1) is 0 Å². The van der Waals surface area contributed by atoms with Crippen LogP contribution in [0.4, 0.5) is 0 Å². The quantitative estimate of drug-likeness (QED) is 0.646. The van der Waals surface area contributed by atoms with Gasteiger partial charge in [0, 0.05) is 30.6 Å². The average Bonchev–Trinajstić information content (AvgIpc) is 3.38. The summed E-state index contributed by atoms with van der Waals surface area (Å²) in [5, 5.41) is 4.37. The van der Waals surface area contributed by atoms with E-state index < -0.39 is 5.91 Å². The van der Waals surface area contributed by atoms with Gasteiger partial charge in [0.05, 0.1) is 24.1 Å². The van der Waals surface area contributed by atoms with Gasteiger partial charge in [-0.05, 0) is 23.6 Å². The third kappa shape index (κ3) is 4.43. The van der Waals surface area contributed by atoms with Crippen LogP contribution >= 0.6 is 0 Å². The molecule has 5 rings (SSSR count). The van der Waals surface area contributed by atoms with Gasteiger partial charge in [0.2, 0.25) is 17.7 Å². The zero-order valence-corrected chi connectivity index (χ0v) is 18.7. The number of primary amides is 1. The minimum atomic E-state index is -0.620. The first-order chi connectivity index (χ1) is 16.0. The molecule has 4 bridgehead atoms. The lowest BCUT2D eigenvalue weighted by Gasteiger charge is -2.22. The number of amides is 3. The summed E-state index contributed by atoms with van der Waals surface area (Å²) >= 11 is 0. The van der Waals surface area contributed by atoms with Crippen molar-refractivity contribution in [3.63, 3.8) is 0 Å². The van der Waals surface area contributed by atoms with Crippen molar-refractivity contribution in [3.05, 3.63) is 30.0 Å². The summed E-state index contributed by atoms with van der Waals surface area (Å²) in [6.45, 7) is 5.26. The fraction of sp³-hybridized carbons (Fsp3) is 0.478. The van der Waals surface area contributed by atoms with Gasteiger partial charge in [0.25, 0.3) is 5.91 Å². The van der Waals surface area contributed by atoms with E-state index in [1.54, 1.807) is 29.3 Å². The zero-order chi connectivity index (χ0) is 23.5. The predicted octanol–water partition coefficient (Wildman–Crippen LogP) is 0.721. The minimum absolute atomic E-state index is 0.0281. The molecule has 4 heterocycles. The van der Waals surface area contributed by atoms with Crippen molar-refractivity contribution in [2.75, 3.05) is 39.5 Å². The van der Waals surface area contributed by atoms with Crippen LogP contribution in [0.3, 0.4) is 0 Å². The van der Waals surface area contributed by atoms with E-state index in [9.17, 15) is 14.4 Å². The lowest BCUT2D eigenvalue weighted by molar-refractivity contribution is -0.135. The molecule has 2 saturated heterocycles. The third-order valence-corrected chi connectivity index (χ3v) is 6.10. The molecule has 1 aromatic carbocycles. The van der Waals surface area contributed by atoms with E-state index in [2.05, 4.69) is 10.3 Å². The number of rotatable bonds is 1. The van der Waals surface area contributed by atoms with E-state index in [4.69, 9.17) is 19.9 Å². The highest BCUT2D eigenvalue weighted by molar-refractivity contribution is 6.01. The number of fused-ring (bicyclic) bond motifs is 2. The van der Waals surface area contributed by atoms with Gasteiger partial charge in [0.1, 0.15) is 25.6 Å². The molecule has 10 nitrogen and oxygen atoms in total. The van der Waals surface area contributed by atoms with Crippen LogP contribution in [-0.2, 0) is 14.3 Å². The number of benzene rings is 1. The summed E-state index contributed by atoms with van der Waals surface area (Å²) in [5.74, 6) is -0.473. The molecular formula is C23H28N4O6. The van der Waals surface area contributed by atoms with Crippen LogP contribution in [0.2, 0.25) is 0 Å². The first-order valence-corrected chi connectivity index (χ1v) is 11.2. The number of ether oxygens (including phenoxy) is 3. The Bertz CT molecular complexity index is 1070. The SMILES string of the molecule is CC.NC(=O)c1cc2ccnc3c2cc1OCCOCC(=O)N1CC2C(=O)NC(CO3)C2C1. The van der Waals surface area contributed by atoms with Crippen molar-refractivity contribution in [1.29, 1.82) is 0 Å². The molecule has 2 aromatic rings. The molecule has 3 unspecified atom stereocenters. The van der Waals surface area contributed by atoms with Crippen molar-refractivity contribution in [3.8, 4) is 11.6 Å². The number of aromatic nitrogens is 1. The van der Waals surface area contributed by atoms with Gasteiger partial charge in [0.15, 0.2) is 0 Å². The Morgan fingerprint density at radius 3 is 2.79 bits per heavy atom. The van der Waals surface area contributed by atoms with Gasteiger partial charge in [-0.1, -0.05) is 13.8 Å². The Hall–Kier alpha value is -3.40. The van der Waals surface area contributed by atoms with Crippen molar-refractivity contribution in [2.45, 2.75) is 19.9 Å². The molecule has 3 atom stereocenters. The summed E-state index contributed by atoms with van der Waals surface area (Å²) < 4.78 is 17.2. The van der Waals surface area contributed by atoms with Crippen LogP contribution in [0, 0.1) is 11.8 Å². The van der Waals surface area contributed by atoms with E-state index in [0.717, 1.165) is 5.39 Å². The second kappa shape index (κ2) is 9.62. The second-order valence-corrected chi connectivity index (χ2v) is 7.95. The summed E-state index contributed by atoms with van der Waals surface area (Å²) in [5.41, 5.74) is 5.76. The van der Waals surface area contributed by atoms with Crippen LogP contribution in [0.1, 0.15) is 24.2 Å². The van der Waals surface area contributed by atoms with E-state index in [-0.39, 0.29) is 67.4 Å². The third-order valence-electron chi connectivity index (χ3n) is 6.10. The lowest BCUT2D eigenvalue weighted by Crippen LogP contribution is -2.41. The molecule has 10 heteroatoms. The standard InChI is InChI=1S/C21H22N4O6.C2H6/c22-19(27)13-5-11-1-2-23-21-12(11)6-17(13)30-4-3-29-10-18(26)25-7-14-15(8-25)20(28)24-16(14)9-31-21;1-2/h1-2,5-6,14-16H,3-4,7-10H2,(H2,22,27)(H,24,28);1-2H3. The summed E-state index contributed by atoms with van der Waals surface area (Å²) in [6, 6.07) is 4.83. The van der Waals surface area contributed by atoms with Crippen LogP contribution < -0.4 is 20.5 Å². The average molecular weight is 456 g/mol. The van der Waals surface area contributed by atoms with E-state index in [0.29, 0.717) is 24.4 Å². The Balaban J connectivity index is 0.00000126. The Kier molecular flexibility index (Phi) is 6.64. The van der Waals surface area contributed by atoms with Crippen molar-refractivity contribution < 1.29 is 28.6 Å². The smallest absolute Gasteiger partial charge is 0.252 e. The van der Waals surface area contributed by atoms with Gasteiger partial charge >= 0.3 is 0 Å². The lowest BCUT2D eigenvalue weighted by atomic mass is 9.94. The number of carbonyl (C=O) groups is 3. The molecule has 3 aliphatic rings. The maximum atomic E-state index is 12.5. The number of nitrogens with zero attached hydrogens (tertiary/aromatic N) is 2. The molecule has 1 aromatic heterocycles. The number of pyridine rings is 1. The molecule has 0 aliphatic carbocycles. The largest absolute Gasteiger partial charge is 0.490 e. The maximum absolute atomic E-state index is 12.5. The van der Waals surface area contributed by atoms with Gasteiger partial charge in [-0.25, -0.2) is 4.98 Å². The van der Waals surface area contributed by atoms with Gasteiger partial charge in [-0.2, -0.15) is 0 Å². The van der Waals surface area contributed by atoms with E-state index in [1.807, 2.05) is 13.8 Å². The molecule has 3 amide bonds. The number of nitrogens with two attached hydrogens (primary N) is 1. The number of nitrogens with one attached hydrogen (secondary N) is 1. The normalized spacial score (nSPS) is 24.5. The molecule has 0 spiro atoms. The van der Waals surface area contributed by atoms with Gasteiger partial charge < -0.3 is 30.2 Å². The highest BCUT2D eigenvalue weighted by Crippen LogP contribution is 2.34. The second-order valence-electron chi connectivity index (χ2n) is 7.95. The number of hydrogen-bond donors (Lipinski definition) is 2. The number of hydrogen-bond acceptors (Lipinski definition) is 7. The highest BCUT2D eigenvalue weighted by atomic mass is 16.5. The first kappa shape index (κ1) is 22.8. The van der Waals surface area contributed by atoms with Crippen molar-refractivity contribution in [2.24, 2.45) is 17.6 Å². The van der Waals surface area contributed by atoms with Crippen molar-refractivity contribution >= 4 is 28.5 Å². The minimum Gasteiger partial charge on any atom is -0.490 e. The molecule has 33 heavy (non-hydrogen) atoms. The molecule has 3 aliphatic heterocycles. The number of carbonyl (C=O) groups excluding carboxylic acids is 3. The summed E-state index contributed by atoms with van der Waals surface area (Å²) in [7, 11) is 0. The Labute approximate surface area is 191 Å². The zero-order valence-electron chi connectivity index (χ0n) is 18.7. The van der Waals surface area contributed by atoms with Crippen LogP contribution in [0.5, 0.6) is 11.6 Å². The van der Waals surface area contributed by atoms with Crippen LogP contribution in [-0.4, -0.2) is 73.2 Å². The summed E-state index contributed by atoms with van der Waals surface area (Å²) in [6.07, 6.45) is 1.58. The van der Waals surface area contributed by atoms with Crippen molar-refractivity contribution in [1.82, 2.24) is 15.2 Å². The van der Waals surface area contributed by atoms with E-state index >= 15 is 0 Å². The topological polar surface area (TPSA) is 133 Å². The molecule has 0 radical (unpaired) electrons. The first-order valence-electron chi connectivity index (χ1n) is 11.2. The van der Waals surface area contributed by atoms with Crippen LogP contribution in [0.15, 0.2) is 24.4 Å². The predicted molar refractivity (Wildman–Crippen MR) is 119 cm³/mol. The van der Waals surface area contributed by atoms with Gasteiger partial charge in [-0.3, -0.25) is 14.4 Å². The molecule has 176 valence electrons. The maximum Gasteiger partial charge on any atom is 0.252 e. The fourth-order valence-corrected chi connectivity index (χ4v) is 4.51. The Morgan fingerprint density at radius 1 is 1.18 bits per heavy atom. The fourth-order valence-electron chi connectivity index (χ4n) is 4.51. The van der Waals surface area contributed by atoms with E-state index in [1.165, 1.54) is 0 Å². The molecule has 0 saturated carbocycles. The summed E-state index contributed by atoms with van der Waals surface area (Å²) in [4.78, 5) is 42.8. The molecular weight excluding hydrogens is 428 g/mol. The molecule has 3 N–H and O–H groups in total.